The van der Waals surface area contributed by atoms with Gasteiger partial charge in [-0.25, -0.2) is 9.97 Å². The van der Waals surface area contributed by atoms with Crippen LogP contribution in [0.2, 0.25) is 0 Å². The highest BCUT2D eigenvalue weighted by atomic mass is 14.8. The summed E-state index contributed by atoms with van der Waals surface area (Å²) in [4.78, 5) is 8.72. The van der Waals surface area contributed by atoms with Gasteiger partial charge in [0.05, 0.1) is 11.4 Å². The molecule has 1 aromatic heterocycles. The van der Waals surface area contributed by atoms with E-state index >= 15 is 0 Å². The molecule has 0 N–H and O–H groups in total. The summed E-state index contributed by atoms with van der Waals surface area (Å²) in [5, 5.41) is 18.0. The number of rotatable bonds is 0. The SMILES string of the molecule is N#Cc1nc2c(nc1C#N)CCCCCCCCC2. The quantitative estimate of drug-likeness (QED) is 0.713. The summed E-state index contributed by atoms with van der Waals surface area (Å²) in [7, 11) is 0. The van der Waals surface area contributed by atoms with Gasteiger partial charge in [-0.15, -0.1) is 0 Å². The van der Waals surface area contributed by atoms with Crippen LogP contribution in [0.5, 0.6) is 0 Å². The van der Waals surface area contributed by atoms with Crippen LogP contribution in [0.4, 0.5) is 0 Å². The normalized spacial score (nSPS) is 16.5. The Balaban J connectivity index is 2.30. The second kappa shape index (κ2) is 6.85. The van der Waals surface area contributed by atoms with Crippen LogP contribution in [0.25, 0.3) is 0 Å². The van der Waals surface area contributed by atoms with Crippen LogP contribution in [0.1, 0.15) is 67.7 Å². The Morgan fingerprint density at radius 3 is 1.37 bits per heavy atom. The molecule has 0 spiro atoms. The molecule has 0 fully saturated rings. The maximum atomic E-state index is 9.02. The predicted octanol–water partition coefficient (Wildman–Crippen LogP) is 3.05. The van der Waals surface area contributed by atoms with Gasteiger partial charge in [-0.1, -0.05) is 32.1 Å². The van der Waals surface area contributed by atoms with E-state index in [2.05, 4.69) is 9.97 Å². The minimum absolute atomic E-state index is 0.177. The molecule has 1 heterocycles. The molecule has 0 atom stereocenters. The van der Waals surface area contributed by atoms with E-state index in [0.717, 1.165) is 37.1 Å². The summed E-state index contributed by atoms with van der Waals surface area (Å²) >= 11 is 0. The van der Waals surface area contributed by atoms with Crippen molar-refractivity contribution in [2.45, 2.75) is 57.8 Å². The zero-order chi connectivity index (χ0) is 13.5. The monoisotopic (exact) mass is 254 g/mol. The molecule has 1 aliphatic rings. The van der Waals surface area contributed by atoms with Gasteiger partial charge in [0.2, 0.25) is 0 Å². The van der Waals surface area contributed by atoms with Crippen molar-refractivity contribution in [2.24, 2.45) is 0 Å². The van der Waals surface area contributed by atoms with Crippen LogP contribution in [0.3, 0.4) is 0 Å². The summed E-state index contributed by atoms with van der Waals surface area (Å²) in [6.07, 6.45) is 10.2. The Bertz CT molecular complexity index is 475. The van der Waals surface area contributed by atoms with E-state index in [1.165, 1.54) is 32.1 Å². The highest BCUT2D eigenvalue weighted by molar-refractivity contribution is 5.37. The third-order valence-corrected chi connectivity index (χ3v) is 3.59. The molecule has 0 bridgehead atoms. The van der Waals surface area contributed by atoms with Gasteiger partial charge in [-0.2, -0.15) is 10.5 Å². The van der Waals surface area contributed by atoms with Crippen molar-refractivity contribution in [2.75, 3.05) is 0 Å². The smallest absolute Gasteiger partial charge is 0.177 e. The maximum Gasteiger partial charge on any atom is 0.177 e. The molecule has 1 aliphatic carbocycles. The Hall–Kier alpha value is -1.94. The van der Waals surface area contributed by atoms with Gasteiger partial charge >= 0.3 is 0 Å². The molecule has 0 aromatic carbocycles. The topological polar surface area (TPSA) is 73.4 Å². The van der Waals surface area contributed by atoms with Crippen molar-refractivity contribution in [3.05, 3.63) is 22.8 Å². The van der Waals surface area contributed by atoms with Gasteiger partial charge in [0, 0.05) is 0 Å². The fourth-order valence-electron chi connectivity index (χ4n) is 2.53. The number of fused-ring (bicyclic) bond motifs is 1. The molecule has 98 valence electrons. The first-order valence-corrected chi connectivity index (χ1v) is 7.05. The molecule has 2 rings (SSSR count). The van der Waals surface area contributed by atoms with Crippen molar-refractivity contribution >= 4 is 0 Å². The fourth-order valence-corrected chi connectivity index (χ4v) is 2.53. The predicted molar refractivity (Wildman–Crippen MR) is 71.2 cm³/mol. The number of hydrogen-bond acceptors (Lipinski definition) is 4. The number of nitrogens with zero attached hydrogens (tertiary/aromatic N) is 4. The maximum absolute atomic E-state index is 9.02. The molecule has 1 aromatic rings. The Labute approximate surface area is 114 Å². The number of nitriles is 2. The summed E-state index contributed by atoms with van der Waals surface area (Å²) < 4.78 is 0. The first kappa shape index (κ1) is 13.5. The van der Waals surface area contributed by atoms with Crippen molar-refractivity contribution < 1.29 is 0 Å². The third-order valence-electron chi connectivity index (χ3n) is 3.59. The van der Waals surface area contributed by atoms with E-state index in [1.54, 1.807) is 0 Å². The molecule has 19 heavy (non-hydrogen) atoms. The lowest BCUT2D eigenvalue weighted by Gasteiger charge is -2.08. The fraction of sp³-hybridized carbons (Fsp3) is 0.600. The van der Waals surface area contributed by atoms with Crippen molar-refractivity contribution in [3.8, 4) is 12.1 Å². The van der Waals surface area contributed by atoms with Crippen LogP contribution in [0, 0.1) is 22.7 Å². The summed E-state index contributed by atoms with van der Waals surface area (Å²) in [5.74, 6) is 0. The van der Waals surface area contributed by atoms with Gasteiger partial charge in [0.15, 0.2) is 11.4 Å². The van der Waals surface area contributed by atoms with E-state index in [9.17, 15) is 0 Å². The first-order chi connectivity index (χ1) is 9.35. The van der Waals surface area contributed by atoms with Crippen molar-refractivity contribution in [3.63, 3.8) is 0 Å². The van der Waals surface area contributed by atoms with Crippen LogP contribution in [-0.4, -0.2) is 9.97 Å². The molecule has 0 amide bonds. The number of aryl methyl sites for hydroxylation is 2. The van der Waals surface area contributed by atoms with Gasteiger partial charge in [0.25, 0.3) is 0 Å². The molecule has 0 aliphatic heterocycles. The molecule has 0 unspecified atom stereocenters. The number of aromatic nitrogens is 2. The third kappa shape index (κ3) is 3.51. The van der Waals surface area contributed by atoms with E-state index in [0.29, 0.717) is 0 Å². The molecule has 0 radical (unpaired) electrons. The highest BCUT2D eigenvalue weighted by Gasteiger charge is 2.13. The lowest BCUT2D eigenvalue weighted by atomic mass is 10.1. The van der Waals surface area contributed by atoms with E-state index in [1.807, 2.05) is 12.1 Å². The van der Waals surface area contributed by atoms with Crippen molar-refractivity contribution in [1.82, 2.24) is 9.97 Å². The average molecular weight is 254 g/mol. The van der Waals surface area contributed by atoms with Crippen molar-refractivity contribution in [1.29, 1.82) is 10.5 Å². The molecule has 0 saturated carbocycles. The van der Waals surface area contributed by atoms with E-state index in [4.69, 9.17) is 10.5 Å². The number of hydrogen-bond donors (Lipinski definition) is 0. The largest absolute Gasteiger partial charge is 0.237 e. The highest BCUT2D eigenvalue weighted by Crippen LogP contribution is 2.18. The van der Waals surface area contributed by atoms with Crippen LogP contribution in [-0.2, 0) is 12.8 Å². The van der Waals surface area contributed by atoms with Gasteiger partial charge < -0.3 is 0 Å². The molecular formula is C15H18N4. The zero-order valence-electron chi connectivity index (χ0n) is 11.2. The minimum atomic E-state index is 0.177. The van der Waals surface area contributed by atoms with Gasteiger partial charge in [-0.3, -0.25) is 0 Å². The summed E-state index contributed by atoms with van der Waals surface area (Å²) in [6.45, 7) is 0. The average Bonchev–Trinajstić information content (AvgIpc) is 2.49. The second-order valence-corrected chi connectivity index (χ2v) is 5.01. The molecule has 4 heteroatoms. The Morgan fingerprint density at radius 2 is 1.00 bits per heavy atom. The van der Waals surface area contributed by atoms with Crippen LogP contribution >= 0.6 is 0 Å². The van der Waals surface area contributed by atoms with Gasteiger partial charge in [0.1, 0.15) is 12.1 Å². The zero-order valence-corrected chi connectivity index (χ0v) is 11.2. The minimum Gasteiger partial charge on any atom is -0.237 e. The van der Waals surface area contributed by atoms with Crippen LogP contribution < -0.4 is 0 Å². The lowest BCUT2D eigenvalue weighted by molar-refractivity contribution is 0.586. The van der Waals surface area contributed by atoms with Gasteiger partial charge in [-0.05, 0) is 25.7 Å². The molecular weight excluding hydrogens is 236 g/mol. The van der Waals surface area contributed by atoms with Crippen LogP contribution in [0.15, 0.2) is 0 Å². The summed E-state index contributed by atoms with van der Waals surface area (Å²) in [5.41, 5.74) is 2.21. The Kier molecular flexibility index (Phi) is 4.86. The van der Waals surface area contributed by atoms with E-state index < -0.39 is 0 Å². The lowest BCUT2D eigenvalue weighted by Crippen LogP contribution is -2.07. The molecule has 0 saturated heterocycles. The van der Waals surface area contributed by atoms with E-state index in [-0.39, 0.29) is 11.4 Å². The standard InChI is InChI=1S/C15H18N4/c16-10-14-15(11-17)19-13-9-7-5-3-1-2-4-6-8-12(13)18-14/h1-9H2. The first-order valence-electron chi connectivity index (χ1n) is 7.05. The summed E-state index contributed by atoms with van der Waals surface area (Å²) in [6, 6.07) is 3.95. The second-order valence-electron chi connectivity index (χ2n) is 5.01. The Morgan fingerprint density at radius 1 is 0.632 bits per heavy atom. The molecule has 4 nitrogen and oxygen atoms in total.